The Hall–Kier alpha value is -2.20. The quantitative estimate of drug-likeness (QED) is 0.598. The van der Waals surface area contributed by atoms with Crippen molar-refractivity contribution in [2.45, 2.75) is 27.3 Å². The first-order valence-electron chi connectivity index (χ1n) is 8.93. The Kier molecular flexibility index (Phi) is 8.13. The maximum absolute atomic E-state index is 5.71. The molecule has 0 aromatic heterocycles. The lowest BCUT2D eigenvalue weighted by molar-refractivity contribution is 0.110. The summed E-state index contributed by atoms with van der Waals surface area (Å²) in [6.45, 7) is 9.66. The molecule has 25 heavy (non-hydrogen) atoms. The van der Waals surface area contributed by atoms with E-state index in [0.29, 0.717) is 25.7 Å². The van der Waals surface area contributed by atoms with Crippen molar-refractivity contribution < 1.29 is 14.2 Å². The van der Waals surface area contributed by atoms with Crippen LogP contribution in [0.2, 0.25) is 0 Å². The number of hydrogen-bond acceptors (Lipinski definition) is 4. The number of nitrogens with one attached hydrogen (secondary N) is 1. The van der Waals surface area contributed by atoms with Gasteiger partial charge < -0.3 is 19.5 Å². The third-order valence-corrected chi connectivity index (χ3v) is 3.54. The Bertz CT molecular complexity index is 611. The van der Waals surface area contributed by atoms with Gasteiger partial charge >= 0.3 is 0 Å². The Morgan fingerprint density at radius 2 is 1.72 bits per heavy atom. The molecular formula is C21H29NO3. The van der Waals surface area contributed by atoms with Gasteiger partial charge in [0.15, 0.2) is 0 Å². The fourth-order valence-electron chi connectivity index (χ4n) is 2.23. The van der Waals surface area contributed by atoms with Crippen molar-refractivity contribution in [3.8, 4) is 11.5 Å². The molecule has 2 rings (SSSR count). The van der Waals surface area contributed by atoms with Crippen LogP contribution in [0.4, 0.5) is 5.69 Å². The van der Waals surface area contributed by atoms with E-state index in [9.17, 15) is 0 Å². The standard InChI is InChI=1S/C21H29NO3/c1-4-23-12-13-24-21-7-5-6-19(14-21)22-15-18-8-10-20(11-9-18)25-16-17(2)3/h5-11,14,17,22H,4,12-13,15-16H2,1-3H3. The maximum Gasteiger partial charge on any atom is 0.121 e. The smallest absolute Gasteiger partial charge is 0.121 e. The van der Waals surface area contributed by atoms with Crippen LogP contribution in [0.3, 0.4) is 0 Å². The summed E-state index contributed by atoms with van der Waals surface area (Å²) < 4.78 is 16.7. The van der Waals surface area contributed by atoms with Gasteiger partial charge in [-0.1, -0.05) is 32.0 Å². The van der Waals surface area contributed by atoms with Gasteiger partial charge in [0.2, 0.25) is 0 Å². The van der Waals surface area contributed by atoms with E-state index in [-0.39, 0.29) is 0 Å². The lowest BCUT2D eigenvalue weighted by Crippen LogP contribution is -2.06. The molecule has 0 saturated carbocycles. The Morgan fingerprint density at radius 1 is 0.920 bits per heavy atom. The molecule has 0 fully saturated rings. The number of rotatable bonds is 11. The van der Waals surface area contributed by atoms with Crippen molar-refractivity contribution in [3.63, 3.8) is 0 Å². The molecule has 0 unspecified atom stereocenters. The minimum absolute atomic E-state index is 0.532. The summed E-state index contributed by atoms with van der Waals surface area (Å²) >= 11 is 0. The van der Waals surface area contributed by atoms with Crippen molar-refractivity contribution in [1.82, 2.24) is 0 Å². The molecule has 0 aliphatic rings. The van der Waals surface area contributed by atoms with Gasteiger partial charge in [-0.05, 0) is 42.7 Å². The van der Waals surface area contributed by atoms with E-state index in [1.165, 1.54) is 5.56 Å². The molecule has 0 bridgehead atoms. The van der Waals surface area contributed by atoms with Crippen LogP contribution in [0.25, 0.3) is 0 Å². The summed E-state index contributed by atoms with van der Waals surface area (Å²) in [5.74, 6) is 2.30. The predicted molar refractivity (Wildman–Crippen MR) is 103 cm³/mol. The van der Waals surface area contributed by atoms with Crippen molar-refractivity contribution in [2.24, 2.45) is 5.92 Å². The van der Waals surface area contributed by atoms with Gasteiger partial charge in [0.25, 0.3) is 0 Å². The Labute approximate surface area is 151 Å². The van der Waals surface area contributed by atoms with E-state index < -0.39 is 0 Å². The van der Waals surface area contributed by atoms with Gasteiger partial charge in [-0.15, -0.1) is 0 Å². The molecule has 0 radical (unpaired) electrons. The molecule has 0 saturated heterocycles. The molecule has 1 N–H and O–H groups in total. The van der Waals surface area contributed by atoms with Crippen molar-refractivity contribution in [3.05, 3.63) is 54.1 Å². The van der Waals surface area contributed by atoms with E-state index in [1.807, 2.05) is 43.3 Å². The minimum Gasteiger partial charge on any atom is -0.493 e. The van der Waals surface area contributed by atoms with Crippen LogP contribution in [-0.4, -0.2) is 26.4 Å². The third-order valence-electron chi connectivity index (χ3n) is 3.54. The van der Waals surface area contributed by atoms with E-state index in [1.54, 1.807) is 0 Å². The second kappa shape index (κ2) is 10.6. The highest BCUT2D eigenvalue weighted by Gasteiger charge is 2.00. The first-order valence-corrected chi connectivity index (χ1v) is 8.93. The monoisotopic (exact) mass is 343 g/mol. The molecule has 0 aliphatic carbocycles. The molecule has 0 amide bonds. The second-order valence-corrected chi connectivity index (χ2v) is 6.28. The highest BCUT2D eigenvalue weighted by molar-refractivity contribution is 5.48. The number of hydrogen-bond donors (Lipinski definition) is 1. The normalized spacial score (nSPS) is 10.7. The molecule has 136 valence electrons. The van der Waals surface area contributed by atoms with Crippen molar-refractivity contribution in [2.75, 3.05) is 31.7 Å². The van der Waals surface area contributed by atoms with Crippen molar-refractivity contribution >= 4 is 5.69 Å². The van der Waals surface area contributed by atoms with Crippen LogP contribution in [0.1, 0.15) is 26.3 Å². The van der Waals surface area contributed by atoms with Crippen molar-refractivity contribution in [1.29, 1.82) is 0 Å². The summed E-state index contributed by atoms with van der Waals surface area (Å²) in [4.78, 5) is 0. The van der Waals surface area contributed by atoms with Crippen LogP contribution >= 0.6 is 0 Å². The van der Waals surface area contributed by atoms with Gasteiger partial charge in [0, 0.05) is 24.9 Å². The number of ether oxygens (including phenoxy) is 3. The molecule has 4 nitrogen and oxygen atoms in total. The summed E-state index contributed by atoms with van der Waals surface area (Å²) in [5, 5.41) is 3.42. The zero-order valence-corrected chi connectivity index (χ0v) is 15.5. The Balaban J connectivity index is 1.80. The summed E-state index contributed by atoms with van der Waals surface area (Å²) in [7, 11) is 0. The first-order chi connectivity index (χ1) is 12.2. The van der Waals surface area contributed by atoms with Gasteiger partial charge in [-0.3, -0.25) is 0 Å². The summed E-state index contributed by atoms with van der Waals surface area (Å²) in [5.41, 5.74) is 2.24. The van der Waals surface area contributed by atoms with Crippen LogP contribution in [0.15, 0.2) is 48.5 Å². The lowest BCUT2D eigenvalue weighted by Gasteiger charge is -2.11. The Morgan fingerprint density at radius 3 is 2.44 bits per heavy atom. The van der Waals surface area contributed by atoms with E-state index in [2.05, 4.69) is 31.3 Å². The average Bonchev–Trinajstić information content (AvgIpc) is 2.63. The zero-order chi connectivity index (χ0) is 17.9. The molecular weight excluding hydrogens is 314 g/mol. The second-order valence-electron chi connectivity index (χ2n) is 6.28. The molecule has 0 aliphatic heterocycles. The highest BCUT2D eigenvalue weighted by atomic mass is 16.5. The third kappa shape index (κ3) is 7.48. The molecule has 2 aromatic carbocycles. The topological polar surface area (TPSA) is 39.7 Å². The fraction of sp³-hybridized carbons (Fsp3) is 0.429. The number of benzene rings is 2. The SMILES string of the molecule is CCOCCOc1cccc(NCc2ccc(OCC(C)C)cc2)c1. The van der Waals surface area contributed by atoms with Gasteiger partial charge in [-0.2, -0.15) is 0 Å². The highest BCUT2D eigenvalue weighted by Crippen LogP contribution is 2.19. The summed E-state index contributed by atoms with van der Waals surface area (Å²) in [6.07, 6.45) is 0. The van der Waals surface area contributed by atoms with Gasteiger partial charge in [-0.25, -0.2) is 0 Å². The molecule has 0 atom stereocenters. The molecule has 2 aromatic rings. The number of anilines is 1. The van der Waals surface area contributed by atoms with E-state index >= 15 is 0 Å². The molecule has 0 heterocycles. The lowest BCUT2D eigenvalue weighted by atomic mass is 10.2. The predicted octanol–water partition coefficient (Wildman–Crippen LogP) is 4.75. The summed E-state index contributed by atoms with van der Waals surface area (Å²) in [6, 6.07) is 16.2. The minimum atomic E-state index is 0.532. The van der Waals surface area contributed by atoms with Gasteiger partial charge in [0.05, 0.1) is 13.2 Å². The zero-order valence-electron chi connectivity index (χ0n) is 15.5. The first kappa shape index (κ1) is 19.1. The van der Waals surface area contributed by atoms with Crippen LogP contribution in [0, 0.1) is 5.92 Å². The van der Waals surface area contributed by atoms with Gasteiger partial charge in [0.1, 0.15) is 18.1 Å². The van der Waals surface area contributed by atoms with E-state index in [4.69, 9.17) is 14.2 Å². The molecule has 4 heteroatoms. The maximum atomic E-state index is 5.71. The van der Waals surface area contributed by atoms with Crippen LogP contribution in [-0.2, 0) is 11.3 Å². The largest absolute Gasteiger partial charge is 0.493 e. The van der Waals surface area contributed by atoms with Crippen LogP contribution < -0.4 is 14.8 Å². The molecule has 0 spiro atoms. The van der Waals surface area contributed by atoms with E-state index in [0.717, 1.165) is 30.3 Å². The average molecular weight is 343 g/mol. The fourth-order valence-corrected chi connectivity index (χ4v) is 2.23. The van der Waals surface area contributed by atoms with Crippen LogP contribution in [0.5, 0.6) is 11.5 Å².